The van der Waals surface area contributed by atoms with Crippen LogP contribution in [0.1, 0.15) is 56.3 Å². The summed E-state index contributed by atoms with van der Waals surface area (Å²) < 4.78 is 25.0. The van der Waals surface area contributed by atoms with Gasteiger partial charge in [0.15, 0.2) is 0 Å². The van der Waals surface area contributed by atoms with E-state index in [1.165, 1.54) is 17.7 Å². The Kier molecular flexibility index (Phi) is 9.18. The molecule has 1 heterocycles. The summed E-state index contributed by atoms with van der Waals surface area (Å²) >= 11 is 0. The monoisotopic (exact) mass is 504 g/mol. The first-order chi connectivity index (χ1) is 17.9. The number of likely N-dealkylation sites (tertiary alicyclic amines) is 1. The molecule has 0 saturated carbocycles. The highest BCUT2D eigenvalue weighted by atomic mass is 19.1. The molecule has 37 heavy (non-hydrogen) atoms. The Bertz CT molecular complexity index is 1140. The molecule has 0 spiro atoms. The third-order valence-corrected chi connectivity index (χ3v) is 7.02. The van der Waals surface area contributed by atoms with Crippen LogP contribution in [-0.4, -0.2) is 37.6 Å². The van der Waals surface area contributed by atoms with Crippen LogP contribution in [0, 0.1) is 11.7 Å². The van der Waals surface area contributed by atoms with Crippen LogP contribution in [0.4, 0.5) is 10.1 Å². The summed E-state index contributed by atoms with van der Waals surface area (Å²) in [7, 11) is 1.66. The normalized spacial score (nSPS) is 15.4. The highest BCUT2D eigenvalue weighted by Crippen LogP contribution is 2.31. The van der Waals surface area contributed by atoms with E-state index in [1.807, 2.05) is 50.2 Å². The number of carbonyl (C=O) groups is 1. The quantitative estimate of drug-likeness (QED) is 0.329. The van der Waals surface area contributed by atoms with Crippen LogP contribution in [0.15, 0.2) is 72.8 Å². The Labute approximate surface area is 219 Å². The van der Waals surface area contributed by atoms with Crippen molar-refractivity contribution in [3.8, 4) is 11.5 Å². The van der Waals surface area contributed by atoms with E-state index < -0.39 is 0 Å². The van der Waals surface area contributed by atoms with Crippen molar-refractivity contribution in [2.75, 3.05) is 32.1 Å². The van der Waals surface area contributed by atoms with Gasteiger partial charge in [0.25, 0.3) is 0 Å². The molecule has 1 aliphatic heterocycles. The lowest BCUT2D eigenvalue weighted by Crippen LogP contribution is -2.34. The van der Waals surface area contributed by atoms with Crippen molar-refractivity contribution >= 4 is 11.6 Å². The number of anilines is 1. The van der Waals surface area contributed by atoms with Gasteiger partial charge >= 0.3 is 0 Å². The van der Waals surface area contributed by atoms with E-state index in [2.05, 4.69) is 22.3 Å². The van der Waals surface area contributed by atoms with Gasteiger partial charge in [-0.25, -0.2) is 4.39 Å². The molecule has 6 heteroatoms. The zero-order chi connectivity index (χ0) is 26.2. The van der Waals surface area contributed by atoms with Crippen molar-refractivity contribution in [2.45, 2.75) is 45.1 Å². The number of nitrogens with zero attached hydrogens (tertiary/aromatic N) is 1. The van der Waals surface area contributed by atoms with Gasteiger partial charge in [-0.2, -0.15) is 0 Å². The second-order valence-electron chi connectivity index (χ2n) is 10.0. The fourth-order valence-corrected chi connectivity index (χ4v) is 4.74. The maximum absolute atomic E-state index is 13.4. The summed E-state index contributed by atoms with van der Waals surface area (Å²) in [5.41, 5.74) is 3.23. The number of carbonyl (C=O) groups excluding carboxylic acids is 1. The van der Waals surface area contributed by atoms with Gasteiger partial charge in [0.05, 0.1) is 7.11 Å². The van der Waals surface area contributed by atoms with Gasteiger partial charge in [0.2, 0.25) is 5.91 Å². The summed E-state index contributed by atoms with van der Waals surface area (Å²) in [6.07, 6.45) is 2.84. The van der Waals surface area contributed by atoms with Crippen molar-refractivity contribution < 1.29 is 18.7 Å². The minimum Gasteiger partial charge on any atom is -0.497 e. The van der Waals surface area contributed by atoms with Crippen molar-refractivity contribution in [1.29, 1.82) is 0 Å². The average molecular weight is 505 g/mol. The number of hydrogen-bond acceptors (Lipinski definition) is 4. The molecule has 3 aromatic carbocycles. The van der Waals surface area contributed by atoms with Crippen molar-refractivity contribution in [1.82, 2.24) is 4.90 Å². The molecule has 196 valence electrons. The molecule has 3 aromatic rings. The highest BCUT2D eigenvalue weighted by molar-refractivity contribution is 5.92. The van der Waals surface area contributed by atoms with Gasteiger partial charge in [-0.1, -0.05) is 38.1 Å². The lowest BCUT2D eigenvalue weighted by Gasteiger charge is -2.33. The smallest absolute Gasteiger partial charge is 0.226 e. The van der Waals surface area contributed by atoms with Crippen LogP contribution < -0.4 is 14.8 Å². The van der Waals surface area contributed by atoms with Crippen molar-refractivity contribution in [3.05, 3.63) is 89.7 Å². The molecule has 0 aromatic heterocycles. The Morgan fingerprint density at radius 3 is 2.32 bits per heavy atom. The van der Waals surface area contributed by atoms with E-state index in [0.717, 1.165) is 55.9 Å². The number of hydrogen-bond donors (Lipinski definition) is 1. The Morgan fingerprint density at radius 1 is 1.00 bits per heavy atom. The fourth-order valence-electron chi connectivity index (χ4n) is 4.74. The van der Waals surface area contributed by atoms with Gasteiger partial charge < -0.3 is 19.7 Å². The predicted octanol–water partition coefficient (Wildman–Crippen LogP) is 6.82. The Balaban J connectivity index is 1.35. The number of halogens is 1. The lowest BCUT2D eigenvalue weighted by molar-refractivity contribution is -0.118. The van der Waals surface area contributed by atoms with Gasteiger partial charge in [0, 0.05) is 24.6 Å². The van der Waals surface area contributed by atoms with E-state index in [1.54, 1.807) is 19.2 Å². The van der Waals surface area contributed by atoms with Crippen molar-refractivity contribution in [2.24, 2.45) is 5.92 Å². The number of piperidine rings is 1. The first-order valence-electron chi connectivity index (χ1n) is 13.1. The number of amides is 1. The molecule has 1 N–H and O–H groups in total. The number of nitrogens with one attached hydrogen (secondary N) is 1. The molecule has 1 unspecified atom stereocenters. The number of benzene rings is 3. The fraction of sp³-hybridized carbons (Fsp3) is 0.387. The zero-order valence-electron chi connectivity index (χ0n) is 22.0. The molecule has 0 aliphatic carbocycles. The molecular formula is C31H37FN2O3. The lowest BCUT2D eigenvalue weighted by atomic mass is 9.89. The number of ether oxygens (including phenoxy) is 2. The van der Waals surface area contributed by atoms with Gasteiger partial charge in [0.1, 0.15) is 23.4 Å². The van der Waals surface area contributed by atoms with Crippen LogP contribution in [0.3, 0.4) is 0 Å². The summed E-state index contributed by atoms with van der Waals surface area (Å²) in [4.78, 5) is 14.6. The molecule has 1 aliphatic rings. The van der Waals surface area contributed by atoms with E-state index in [9.17, 15) is 9.18 Å². The molecule has 0 bridgehead atoms. The summed E-state index contributed by atoms with van der Waals surface area (Å²) in [5.74, 6) is 1.68. The topological polar surface area (TPSA) is 50.8 Å². The van der Waals surface area contributed by atoms with E-state index in [-0.39, 0.29) is 23.7 Å². The molecule has 1 fully saturated rings. The molecule has 1 atom stereocenters. The van der Waals surface area contributed by atoms with Gasteiger partial charge in [-0.15, -0.1) is 0 Å². The molecular weight excluding hydrogens is 467 g/mol. The number of methoxy groups -OCH3 is 1. The molecule has 1 amide bonds. The van der Waals surface area contributed by atoms with Crippen LogP contribution in [0.2, 0.25) is 0 Å². The molecule has 0 radical (unpaired) electrons. The van der Waals surface area contributed by atoms with E-state index >= 15 is 0 Å². The molecule has 1 saturated heterocycles. The Morgan fingerprint density at radius 2 is 1.68 bits per heavy atom. The van der Waals surface area contributed by atoms with Crippen LogP contribution in [0.25, 0.3) is 0 Å². The average Bonchev–Trinajstić information content (AvgIpc) is 2.92. The third-order valence-electron chi connectivity index (χ3n) is 7.02. The van der Waals surface area contributed by atoms with Crippen molar-refractivity contribution in [3.63, 3.8) is 0 Å². The van der Waals surface area contributed by atoms with E-state index in [0.29, 0.717) is 11.7 Å². The predicted molar refractivity (Wildman–Crippen MR) is 146 cm³/mol. The second kappa shape index (κ2) is 12.7. The highest BCUT2D eigenvalue weighted by Gasteiger charge is 2.23. The summed E-state index contributed by atoms with van der Waals surface area (Å²) in [6.45, 7) is 6.74. The van der Waals surface area contributed by atoms with Gasteiger partial charge in [-0.3, -0.25) is 4.79 Å². The second-order valence-corrected chi connectivity index (χ2v) is 10.0. The minimum atomic E-state index is -0.274. The standard InChI is InChI=1S/C31H37FN2O3/c1-22(2)31(35)33-27-6-4-5-25(21-27)23-15-18-34(19-16-23)20-17-30(24-7-11-28(36-3)12-8-24)37-29-13-9-26(32)10-14-29/h4-14,21-23,30H,15-20H2,1-3H3,(H,33,35). The van der Waals surface area contributed by atoms with Crippen LogP contribution >= 0.6 is 0 Å². The van der Waals surface area contributed by atoms with E-state index in [4.69, 9.17) is 9.47 Å². The third kappa shape index (κ3) is 7.56. The summed E-state index contributed by atoms with van der Waals surface area (Å²) in [6, 6.07) is 22.4. The SMILES string of the molecule is COc1ccc(C(CCN2CCC(c3cccc(NC(=O)C(C)C)c3)CC2)Oc2ccc(F)cc2)cc1. The van der Waals surface area contributed by atoms with Crippen LogP contribution in [-0.2, 0) is 4.79 Å². The van der Waals surface area contributed by atoms with Gasteiger partial charge in [-0.05, 0) is 91.5 Å². The summed E-state index contributed by atoms with van der Waals surface area (Å²) in [5, 5.41) is 3.02. The van der Waals surface area contributed by atoms with Crippen LogP contribution in [0.5, 0.6) is 11.5 Å². The zero-order valence-corrected chi connectivity index (χ0v) is 22.0. The first kappa shape index (κ1) is 26.7. The maximum Gasteiger partial charge on any atom is 0.226 e. The first-order valence-corrected chi connectivity index (χ1v) is 13.1. The number of rotatable bonds is 10. The maximum atomic E-state index is 13.4. The largest absolute Gasteiger partial charge is 0.497 e. The molecule has 4 rings (SSSR count). The minimum absolute atomic E-state index is 0.0410. The molecule has 5 nitrogen and oxygen atoms in total. The Hall–Kier alpha value is -3.38.